The van der Waals surface area contributed by atoms with Crippen molar-refractivity contribution in [2.45, 2.75) is 64.6 Å². The minimum Gasteiger partial charge on any atom is -0.350 e. The molecule has 1 saturated carbocycles. The monoisotopic (exact) mass is 484 g/mol. The Morgan fingerprint density at radius 3 is 2.67 bits per heavy atom. The summed E-state index contributed by atoms with van der Waals surface area (Å²) in [6.45, 7) is 5.17. The lowest BCUT2D eigenvalue weighted by atomic mass is 9.92. The molecule has 0 bridgehead atoms. The largest absolute Gasteiger partial charge is 0.350 e. The number of carbonyl (C=O) groups excluding carboxylic acids is 2. The van der Waals surface area contributed by atoms with Gasteiger partial charge in [0.2, 0.25) is 17.6 Å². The highest BCUT2D eigenvalue weighted by atomic mass is 35.5. The molecule has 9 nitrogen and oxygen atoms in total. The number of carbonyl (C=O) groups is 2. The van der Waals surface area contributed by atoms with Gasteiger partial charge in [0, 0.05) is 25.2 Å². The lowest BCUT2D eigenvalue weighted by Crippen LogP contribution is -2.56. The predicted molar refractivity (Wildman–Crippen MR) is 122 cm³/mol. The summed E-state index contributed by atoms with van der Waals surface area (Å²) in [6, 6.07) is 0.215. The smallest absolute Gasteiger partial charge is 0.233 e. The summed E-state index contributed by atoms with van der Waals surface area (Å²) in [5.41, 5.74) is 0.00740. The number of hydrogen-bond acceptors (Lipinski definition) is 7. The van der Waals surface area contributed by atoms with Gasteiger partial charge >= 0.3 is 0 Å². The molecule has 2 fully saturated rings. The van der Waals surface area contributed by atoms with E-state index < -0.39 is 11.7 Å². The molecule has 1 aromatic heterocycles. The van der Waals surface area contributed by atoms with Crippen LogP contribution in [0.3, 0.4) is 0 Å². The first-order valence-electron chi connectivity index (χ1n) is 11.6. The molecule has 0 spiro atoms. The number of hydrogen-bond donors (Lipinski definition) is 2. The highest BCUT2D eigenvalue weighted by Gasteiger charge is 2.32. The fourth-order valence-electron chi connectivity index (χ4n) is 4.86. The number of rotatable bonds is 9. The normalized spacial score (nSPS) is 22.9. The molecule has 0 unspecified atom stereocenters. The van der Waals surface area contributed by atoms with Crippen LogP contribution in [-0.2, 0) is 16.1 Å². The third-order valence-corrected chi connectivity index (χ3v) is 7.32. The van der Waals surface area contributed by atoms with E-state index >= 15 is 4.39 Å². The van der Waals surface area contributed by atoms with Gasteiger partial charge in [0.15, 0.2) is 11.6 Å². The molecule has 0 radical (unpaired) electrons. The van der Waals surface area contributed by atoms with Crippen LogP contribution in [0.2, 0.25) is 5.28 Å². The minimum atomic E-state index is -0.604. The van der Waals surface area contributed by atoms with Gasteiger partial charge in [0.1, 0.15) is 5.69 Å². The van der Waals surface area contributed by atoms with Gasteiger partial charge in [-0.15, -0.1) is 0 Å². The average Bonchev–Trinajstić information content (AvgIpc) is 3.30. The van der Waals surface area contributed by atoms with Crippen LogP contribution in [-0.4, -0.2) is 76.2 Å². The van der Waals surface area contributed by atoms with Crippen molar-refractivity contribution in [1.82, 2.24) is 25.2 Å². The van der Waals surface area contributed by atoms with E-state index in [2.05, 4.69) is 27.1 Å². The number of nitrogens with one attached hydrogen (secondary N) is 1. The second-order valence-corrected chi connectivity index (χ2v) is 9.60. The number of anilines is 1. The van der Waals surface area contributed by atoms with Crippen LogP contribution >= 0.6 is 11.6 Å². The zero-order valence-electron chi connectivity index (χ0n) is 19.5. The summed E-state index contributed by atoms with van der Waals surface area (Å²) >= 11 is 6.12. The van der Waals surface area contributed by atoms with Crippen molar-refractivity contribution < 1.29 is 19.2 Å². The Morgan fingerprint density at radius 2 is 2.00 bits per heavy atom. The Labute approximate surface area is 199 Å². The summed E-state index contributed by atoms with van der Waals surface area (Å²) in [7, 11) is 2.03. The molecule has 3 rings (SSSR count). The fourth-order valence-corrected chi connectivity index (χ4v) is 5.04. The minimum absolute atomic E-state index is 0.00740. The quantitative estimate of drug-likeness (QED) is 0.240. The number of likely N-dealkylation sites (N-methyl/N-ethyl adjacent to an activating group) is 1. The van der Waals surface area contributed by atoms with Gasteiger partial charge in [-0.2, -0.15) is 4.98 Å². The molecule has 1 saturated heterocycles. The number of hydroxylamine groups is 2. The van der Waals surface area contributed by atoms with Crippen LogP contribution in [0.25, 0.3) is 0 Å². The third kappa shape index (κ3) is 6.30. The van der Waals surface area contributed by atoms with Crippen molar-refractivity contribution in [2.24, 2.45) is 11.8 Å². The first-order chi connectivity index (χ1) is 15.7. The lowest BCUT2D eigenvalue weighted by Gasteiger charge is -2.44. The standard InChI is InChI=1S/C22H34ClFN6O3/c1-14-15(2)30(9-8-28(14)3)20-19(24)18(26-22(23)27-20)11-25-21(32)17(12-29(33)13-31)10-16-6-4-5-7-16/h13-17,33H,4-12H2,1-3H3,(H,25,32)/t14-,15+,17+/m0/s1. The van der Waals surface area contributed by atoms with Gasteiger partial charge in [0.25, 0.3) is 0 Å². The molecule has 2 amide bonds. The molecule has 0 aromatic carbocycles. The van der Waals surface area contributed by atoms with E-state index in [-0.39, 0.29) is 54.3 Å². The fraction of sp³-hybridized carbons (Fsp3) is 0.727. The zero-order chi connectivity index (χ0) is 24.1. The molecule has 3 atom stereocenters. The maximum atomic E-state index is 15.4. The van der Waals surface area contributed by atoms with Gasteiger partial charge < -0.3 is 10.2 Å². The van der Waals surface area contributed by atoms with Crippen LogP contribution in [0.5, 0.6) is 0 Å². The molecule has 184 valence electrons. The zero-order valence-corrected chi connectivity index (χ0v) is 20.3. The Kier molecular flexibility index (Phi) is 8.83. The van der Waals surface area contributed by atoms with Gasteiger partial charge in [0.05, 0.1) is 19.0 Å². The molecule has 1 aliphatic carbocycles. The second kappa shape index (κ2) is 11.4. The summed E-state index contributed by atoms with van der Waals surface area (Å²) in [5.74, 6) is -1.05. The lowest BCUT2D eigenvalue weighted by molar-refractivity contribution is -0.155. The maximum Gasteiger partial charge on any atom is 0.233 e. The van der Waals surface area contributed by atoms with E-state index in [1.807, 2.05) is 18.9 Å². The van der Waals surface area contributed by atoms with E-state index in [0.29, 0.717) is 23.9 Å². The van der Waals surface area contributed by atoms with E-state index in [1.54, 1.807) is 0 Å². The Morgan fingerprint density at radius 1 is 1.30 bits per heavy atom. The molecule has 33 heavy (non-hydrogen) atoms. The summed E-state index contributed by atoms with van der Waals surface area (Å²) < 4.78 is 15.4. The van der Waals surface area contributed by atoms with Gasteiger partial charge in [-0.05, 0) is 44.8 Å². The molecular weight excluding hydrogens is 451 g/mol. The first kappa shape index (κ1) is 25.6. The van der Waals surface area contributed by atoms with Crippen molar-refractivity contribution in [3.8, 4) is 0 Å². The third-order valence-electron chi connectivity index (χ3n) is 7.15. The molecule has 1 aliphatic heterocycles. The molecule has 2 heterocycles. The molecule has 1 aromatic rings. The van der Waals surface area contributed by atoms with Crippen molar-refractivity contribution in [1.29, 1.82) is 0 Å². The second-order valence-electron chi connectivity index (χ2n) is 9.26. The van der Waals surface area contributed by atoms with Gasteiger partial charge in [-0.3, -0.25) is 19.7 Å². The molecule has 2 N–H and O–H groups in total. The summed E-state index contributed by atoms with van der Waals surface area (Å²) in [6.07, 6.45) is 5.13. The Bertz CT molecular complexity index is 841. The highest BCUT2D eigenvalue weighted by molar-refractivity contribution is 6.28. The summed E-state index contributed by atoms with van der Waals surface area (Å²) in [5, 5.41) is 12.8. The number of piperazine rings is 1. The van der Waals surface area contributed by atoms with Gasteiger partial charge in [-0.25, -0.2) is 14.4 Å². The van der Waals surface area contributed by atoms with E-state index in [1.165, 1.54) is 0 Å². The van der Waals surface area contributed by atoms with E-state index in [9.17, 15) is 14.8 Å². The Balaban J connectivity index is 1.72. The van der Waals surface area contributed by atoms with Crippen LogP contribution in [0.4, 0.5) is 10.2 Å². The van der Waals surface area contributed by atoms with Gasteiger partial charge in [-0.1, -0.05) is 25.7 Å². The van der Waals surface area contributed by atoms with Crippen molar-refractivity contribution in [3.63, 3.8) is 0 Å². The summed E-state index contributed by atoms with van der Waals surface area (Å²) in [4.78, 5) is 36.0. The first-order valence-corrected chi connectivity index (χ1v) is 12.0. The van der Waals surface area contributed by atoms with E-state index in [0.717, 1.165) is 32.2 Å². The van der Waals surface area contributed by atoms with Crippen LogP contribution in [0.1, 0.15) is 51.6 Å². The van der Waals surface area contributed by atoms with Crippen LogP contribution in [0.15, 0.2) is 0 Å². The van der Waals surface area contributed by atoms with Crippen molar-refractivity contribution in [2.75, 3.05) is 31.6 Å². The molecule has 2 aliphatic rings. The molecular formula is C22H34ClFN6O3. The molecule has 11 heteroatoms. The van der Waals surface area contributed by atoms with E-state index in [4.69, 9.17) is 11.6 Å². The van der Waals surface area contributed by atoms with Crippen molar-refractivity contribution in [3.05, 3.63) is 16.8 Å². The highest BCUT2D eigenvalue weighted by Crippen LogP contribution is 2.31. The Hall–Kier alpha value is -2.04. The SMILES string of the molecule is C[C@@H]1[C@H](C)N(C)CCN1c1nc(Cl)nc(CNC(=O)[C@H](CC2CCCC2)CN(O)C=O)c1F. The maximum absolute atomic E-state index is 15.4. The number of halogens is 2. The number of aromatic nitrogens is 2. The number of amides is 2. The van der Waals surface area contributed by atoms with Crippen LogP contribution < -0.4 is 10.2 Å². The average molecular weight is 485 g/mol. The predicted octanol–water partition coefficient (Wildman–Crippen LogP) is 2.46. The van der Waals surface area contributed by atoms with Crippen LogP contribution in [0, 0.1) is 17.7 Å². The number of nitrogens with zero attached hydrogens (tertiary/aromatic N) is 5. The van der Waals surface area contributed by atoms with Crippen molar-refractivity contribution >= 4 is 29.7 Å². The topological polar surface area (TPSA) is 102 Å².